The maximum Gasteiger partial charge on any atom is 0.144 e. The van der Waals surface area contributed by atoms with Gasteiger partial charge < -0.3 is 13.7 Å². The van der Waals surface area contributed by atoms with E-state index < -0.39 is 10.8 Å². The van der Waals surface area contributed by atoms with Crippen LogP contribution in [0.4, 0.5) is 17.1 Å². The van der Waals surface area contributed by atoms with Crippen LogP contribution in [0, 0.1) is 0 Å². The molecule has 0 radical (unpaired) electrons. The lowest BCUT2D eigenvalue weighted by atomic mass is 9.62. The molecule has 16 aromatic rings. The average molecular weight is 1590 g/mol. The minimum Gasteiger partial charge on any atom is -0.456 e. The van der Waals surface area contributed by atoms with Crippen molar-refractivity contribution in [3.63, 3.8) is 0 Å². The second-order valence-corrected chi connectivity index (χ2v) is 37.2. The summed E-state index contributed by atoms with van der Waals surface area (Å²) in [6.45, 7) is 14.4. The number of unbranched alkanes of at least 4 members (excludes halogenated alkanes) is 16. The van der Waals surface area contributed by atoms with E-state index in [2.05, 4.69) is 344 Å². The predicted molar refractivity (Wildman–Crippen MR) is 514 cm³/mol. The molecule has 3 heteroatoms. The Labute approximate surface area is 723 Å². The van der Waals surface area contributed by atoms with Crippen LogP contribution >= 0.6 is 0 Å². The number of furan rings is 2. The number of benzene rings is 14. The second kappa shape index (κ2) is 31.7. The molecule has 0 atom stereocenters. The molecular formula is C119H115NO2. The van der Waals surface area contributed by atoms with Crippen molar-refractivity contribution >= 4 is 60.9 Å². The molecule has 2 heterocycles. The summed E-state index contributed by atoms with van der Waals surface area (Å²) in [4.78, 5) is 2.76. The fraction of sp³-hybridized carbons (Fsp3) is 0.294. The Morgan fingerprint density at radius 2 is 0.664 bits per heavy atom. The number of hydrogen-bond donors (Lipinski definition) is 0. The van der Waals surface area contributed by atoms with Gasteiger partial charge in [-0.1, -0.05) is 407 Å². The van der Waals surface area contributed by atoms with Crippen molar-refractivity contribution in [2.24, 2.45) is 0 Å². The molecule has 0 bridgehead atoms. The summed E-state index contributed by atoms with van der Waals surface area (Å²) in [5, 5.41) is 4.85. The summed E-state index contributed by atoms with van der Waals surface area (Å²) in [6, 6.07) is 116. The Morgan fingerprint density at radius 3 is 1.22 bits per heavy atom. The molecule has 0 saturated carbocycles. The van der Waals surface area contributed by atoms with E-state index in [1.54, 1.807) is 16.7 Å². The zero-order valence-corrected chi connectivity index (χ0v) is 72.5. The number of fused-ring (bicyclic) bond motifs is 25. The maximum absolute atomic E-state index is 7.82. The van der Waals surface area contributed by atoms with Crippen molar-refractivity contribution in [1.29, 1.82) is 0 Å². The van der Waals surface area contributed by atoms with Gasteiger partial charge in [0.05, 0.1) is 16.5 Å². The summed E-state index contributed by atoms with van der Waals surface area (Å²) in [5.41, 5.74) is 37.4. The third-order valence-corrected chi connectivity index (χ3v) is 30.2. The van der Waals surface area contributed by atoms with Crippen LogP contribution in [-0.2, 0) is 27.1 Å². The Hall–Kier alpha value is -11.5. The van der Waals surface area contributed by atoms with Gasteiger partial charge in [-0.25, -0.2) is 0 Å². The van der Waals surface area contributed by atoms with E-state index in [4.69, 9.17) is 8.83 Å². The number of hydrogen-bond acceptors (Lipinski definition) is 3. The van der Waals surface area contributed by atoms with Crippen molar-refractivity contribution < 1.29 is 8.83 Å². The number of rotatable bonds is 31. The highest BCUT2D eigenvalue weighted by atomic mass is 16.3. The first-order valence-corrected chi connectivity index (χ1v) is 47.0. The first-order chi connectivity index (χ1) is 60.1. The topological polar surface area (TPSA) is 29.5 Å². The first-order valence-electron chi connectivity index (χ1n) is 47.0. The number of anilines is 3. The molecule has 0 spiro atoms. The van der Waals surface area contributed by atoms with Crippen LogP contribution in [0.25, 0.3) is 99.5 Å². The van der Waals surface area contributed by atoms with E-state index in [0.717, 1.165) is 77.3 Å². The highest BCUT2D eigenvalue weighted by Crippen LogP contribution is 2.70. The lowest BCUT2D eigenvalue weighted by Gasteiger charge is -2.40. The van der Waals surface area contributed by atoms with Crippen molar-refractivity contribution in [2.75, 3.05) is 4.90 Å². The molecule has 608 valence electrons. The monoisotopic (exact) mass is 1590 g/mol. The van der Waals surface area contributed by atoms with Crippen LogP contribution in [0.1, 0.15) is 274 Å². The third kappa shape index (κ3) is 11.8. The van der Waals surface area contributed by atoms with Gasteiger partial charge >= 0.3 is 0 Å². The molecule has 122 heavy (non-hydrogen) atoms. The largest absolute Gasteiger partial charge is 0.456 e. The summed E-state index contributed by atoms with van der Waals surface area (Å²) < 4.78 is 14.8. The molecule has 0 unspecified atom stereocenters. The van der Waals surface area contributed by atoms with E-state index in [-0.39, 0.29) is 16.2 Å². The first kappa shape index (κ1) is 77.8. The Morgan fingerprint density at radius 1 is 0.254 bits per heavy atom. The van der Waals surface area contributed by atoms with Crippen LogP contribution in [0.15, 0.2) is 306 Å². The number of nitrogens with zero attached hydrogens (tertiary/aromatic N) is 1. The molecule has 3 nitrogen and oxygen atoms in total. The van der Waals surface area contributed by atoms with Gasteiger partial charge in [0.25, 0.3) is 0 Å². The molecule has 0 saturated heterocycles. The van der Waals surface area contributed by atoms with E-state index in [9.17, 15) is 0 Å². The molecule has 5 aliphatic carbocycles. The molecule has 0 fully saturated rings. The van der Waals surface area contributed by atoms with Gasteiger partial charge in [-0.15, -0.1) is 0 Å². The molecule has 5 aliphatic rings. The molecule has 21 rings (SSSR count). The Balaban J connectivity index is 0.861. The van der Waals surface area contributed by atoms with Gasteiger partial charge in [-0.05, 0) is 209 Å². The Bertz CT molecular complexity index is 6520. The molecule has 0 N–H and O–H groups in total. The van der Waals surface area contributed by atoms with Gasteiger partial charge in [-0.3, -0.25) is 0 Å². The van der Waals surface area contributed by atoms with Gasteiger partial charge in [0, 0.05) is 60.3 Å². The van der Waals surface area contributed by atoms with E-state index in [1.807, 2.05) is 0 Å². The third-order valence-electron chi connectivity index (χ3n) is 30.2. The summed E-state index contributed by atoms with van der Waals surface area (Å²) in [5.74, 6) is 0. The van der Waals surface area contributed by atoms with Gasteiger partial charge in [0.1, 0.15) is 22.3 Å². The average Bonchev–Trinajstić information content (AvgIpc) is 1.50. The molecule has 0 amide bonds. The van der Waals surface area contributed by atoms with E-state index in [0.29, 0.717) is 0 Å². The van der Waals surface area contributed by atoms with Crippen LogP contribution in [-0.4, -0.2) is 0 Å². The van der Waals surface area contributed by atoms with Crippen LogP contribution in [0.3, 0.4) is 0 Å². The quantitative estimate of drug-likeness (QED) is 0.0406. The summed E-state index contributed by atoms with van der Waals surface area (Å²) in [7, 11) is 0. The minimum absolute atomic E-state index is 0.196. The standard InChI is InChI=1S/C119H115NO2/c1-7-11-15-19-43-72-116(73-44-20-16-12-8-2)95-61-40-36-57-88(95)109-110-91-59-38-42-65-104(91)122-114(110)111-89-69-67-84(76-98(89)117(113(111)112(109)116,74-45-21-17-13-9-3)75-46-22-18-14-10-4)120(102-63-47-62-96-106(102)87-56-35-39-60-94(87)115(96,5)6)85-66-68-86-92-78-101-93(79-100(92)119(99(86)77-85,82-52-31-25-32-53-82)83-54-33-26-34-55-83)107-97(70-71-105-108(107)90-58-37-41-64-103(90)121-105)118(101,80-48-27-23-28-49-80)81-50-29-24-30-51-81/h23-42,47-71,76-79H,7-22,43-46,72-75H2,1-6H3. The predicted octanol–water partition coefficient (Wildman–Crippen LogP) is 34.0. The minimum atomic E-state index is -0.812. The van der Waals surface area contributed by atoms with Gasteiger partial charge in [-0.2, -0.15) is 0 Å². The highest BCUT2D eigenvalue weighted by Gasteiger charge is 2.56. The second-order valence-electron chi connectivity index (χ2n) is 37.2. The van der Waals surface area contributed by atoms with Crippen LogP contribution in [0.5, 0.6) is 0 Å². The molecule has 0 aliphatic heterocycles. The van der Waals surface area contributed by atoms with Crippen molar-refractivity contribution in [3.05, 3.63) is 375 Å². The van der Waals surface area contributed by atoms with Crippen LogP contribution in [0.2, 0.25) is 0 Å². The normalized spacial score (nSPS) is 15.1. The van der Waals surface area contributed by atoms with E-state index in [1.165, 1.54) is 255 Å². The fourth-order valence-corrected chi connectivity index (χ4v) is 24.8. The van der Waals surface area contributed by atoms with Crippen molar-refractivity contribution in [3.8, 4) is 55.6 Å². The highest BCUT2D eigenvalue weighted by molar-refractivity contribution is 6.21. The number of para-hydroxylation sites is 2. The van der Waals surface area contributed by atoms with Crippen molar-refractivity contribution in [2.45, 2.75) is 223 Å². The summed E-state index contributed by atoms with van der Waals surface area (Å²) in [6.07, 6.45) is 29.2. The molecule has 14 aromatic carbocycles. The van der Waals surface area contributed by atoms with Crippen LogP contribution < -0.4 is 4.90 Å². The molecular weight excluding hydrogens is 1480 g/mol. The molecule has 2 aromatic heterocycles. The van der Waals surface area contributed by atoms with Gasteiger partial charge in [0.2, 0.25) is 0 Å². The summed E-state index contributed by atoms with van der Waals surface area (Å²) >= 11 is 0. The zero-order chi connectivity index (χ0) is 82.3. The SMILES string of the molecule is CCCCCCCC1(CCCCCCC)c2cc(N(c3ccc4c(c3)C(c3ccccc3)(c3ccccc3)c3cc5c(cc3-4)C(c3ccccc3)(c3ccccc3)c3ccc4oc6ccccc6c4c3-5)c3cccc4c3-c3ccccc3C4(C)C)ccc2-c2c1c1c(c3c2oc2ccccc23)-c2ccccc2C1(CCCCCCC)CCCCCCC. The van der Waals surface area contributed by atoms with Gasteiger partial charge in [0.15, 0.2) is 0 Å². The smallest absolute Gasteiger partial charge is 0.144 e. The zero-order valence-electron chi connectivity index (χ0n) is 72.5. The lowest BCUT2D eigenvalue weighted by molar-refractivity contribution is 0.369. The van der Waals surface area contributed by atoms with E-state index >= 15 is 0 Å². The van der Waals surface area contributed by atoms with Crippen molar-refractivity contribution in [1.82, 2.24) is 0 Å². The fourth-order valence-electron chi connectivity index (χ4n) is 24.8. The lowest BCUT2D eigenvalue weighted by Crippen LogP contribution is -2.33. The maximum atomic E-state index is 7.82. The Kier molecular flexibility index (Phi) is 20.2.